The molecule has 0 spiro atoms. The largest absolute Gasteiger partial charge is 0.350 e. The maximum atomic E-state index is 12.1. The summed E-state index contributed by atoms with van der Waals surface area (Å²) in [6.07, 6.45) is 4.84. The van der Waals surface area contributed by atoms with E-state index in [2.05, 4.69) is 22.7 Å². The molecule has 0 saturated carbocycles. The monoisotopic (exact) mass is 250 g/mol. The number of nitrogens with one attached hydrogen (secondary N) is 2. The predicted molar refractivity (Wildman–Crippen MR) is 70.1 cm³/mol. The fourth-order valence-electron chi connectivity index (χ4n) is 2.49. The molecule has 18 heavy (non-hydrogen) atoms. The molecule has 0 radical (unpaired) electrons. The molecule has 0 aromatic carbocycles. The van der Waals surface area contributed by atoms with Gasteiger partial charge in [0.1, 0.15) is 0 Å². The van der Waals surface area contributed by atoms with Gasteiger partial charge in [-0.05, 0) is 32.7 Å². The highest BCUT2D eigenvalue weighted by Crippen LogP contribution is 2.18. The molecule has 1 aliphatic rings. The van der Waals surface area contributed by atoms with Crippen molar-refractivity contribution in [2.75, 3.05) is 6.54 Å². The van der Waals surface area contributed by atoms with Crippen molar-refractivity contribution in [3.63, 3.8) is 0 Å². The molecule has 1 amide bonds. The number of carbonyl (C=O) groups excluding carboxylic acids is 1. The zero-order valence-corrected chi connectivity index (χ0v) is 11.4. The van der Waals surface area contributed by atoms with Crippen molar-refractivity contribution in [3.05, 3.63) is 17.5 Å². The zero-order chi connectivity index (χ0) is 13.2. The summed E-state index contributed by atoms with van der Waals surface area (Å²) < 4.78 is 1.80. The fraction of sp³-hybridized carbons (Fsp3) is 0.692. The van der Waals surface area contributed by atoms with Gasteiger partial charge < -0.3 is 10.6 Å². The lowest BCUT2D eigenvalue weighted by Gasteiger charge is -2.22. The van der Waals surface area contributed by atoms with Crippen LogP contribution in [0.1, 0.15) is 37.9 Å². The average Bonchev–Trinajstić information content (AvgIpc) is 2.93. The smallest absolute Gasteiger partial charge is 0.240 e. The number of aromatic nitrogens is 2. The molecule has 2 heterocycles. The van der Waals surface area contributed by atoms with Crippen LogP contribution in [0.4, 0.5) is 0 Å². The summed E-state index contributed by atoms with van der Waals surface area (Å²) in [5, 5.41) is 10.7. The van der Waals surface area contributed by atoms with Gasteiger partial charge in [0.15, 0.2) is 0 Å². The van der Waals surface area contributed by atoms with Gasteiger partial charge in [0.25, 0.3) is 0 Å². The topological polar surface area (TPSA) is 59.0 Å². The molecule has 1 aromatic heterocycles. The summed E-state index contributed by atoms with van der Waals surface area (Å²) in [7, 11) is 1.91. The van der Waals surface area contributed by atoms with E-state index >= 15 is 0 Å². The second-order valence-electron chi connectivity index (χ2n) is 5.17. The number of rotatable bonds is 4. The van der Waals surface area contributed by atoms with Crippen LogP contribution in [0.5, 0.6) is 0 Å². The quantitative estimate of drug-likeness (QED) is 0.828. The lowest BCUT2D eigenvalue weighted by molar-refractivity contribution is -0.126. The summed E-state index contributed by atoms with van der Waals surface area (Å²) in [5.74, 6) is 0.0888. The van der Waals surface area contributed by atoms with Crippen molar-refractivity contribution in [2.45, 2.75) is 45.2 Å². The van der Waals surface area contributed by atoms with Crippen LogP contribution in [0.25, 0.3) is 0 Å². The summed E-state index contributed by atoms with van der Waals surface area (Å²) in [6.45, 7) is 5.54. The third kappa shape index (κ3) is 2.56. The van der Waals surface area contributed by atoms with Crippen LogP contribution >= 0.6 is 0 Å². The summed E-state index contributed by atoms with van der Waals surface area (Å²) in [6, 6.07) is 0. The summed E-state index contributed by atoms with van der Waals surface area (Å²) in [5.41, 5.74) is 1.77. The van der Waals surface area contributed by atoms with Gasteiger partial charge in [-0.1, -0.05) is 6.92 Å². The first kappa shape index (κ1) is 13.1. The van der Waals surface area contributed by atoms with E-state index in [0.29, 0.717) is 6.54 Å². The third-order valence-electron chi connectivity index (χ3n) is 3.64. The van der Waals surface area contributed by atoms with E-state index in [-0.39, 0.29) is 5.91 Å². The third-order valence-corrected chi connectivity index (χ3v) is 3.64. The van der Waals surface area contributed by atoms with Crippen molar-refractivity contribution >= 4 is 5.91 Å². The Morgan fingerprint density at radius 3 is 3.06 bits per heavy atom. The van der Waals surface area contributed by atoms with E-state index in [1.165, 1.54) is 0 Å². The highest BCUT2D eigenvalue weighted by molar-refractivity contribution is 5.86. The Labute approximate surface area is 108 Å². The number of hydrogen-bond donors (Lipinski definition) is 2. The molecule has 1 unspecified atom stereocenters. The SMILES string of the molecule is CCc1nn(C)cc1CNC(=O)C1(C)CCCN1. The van der Waals surface area contributed by atoms with E-state index in [0.717, 1.165) is 37.1 Å². The fourth-order valence-corrected chi connectivity index (χ4v) is 2.49. The standard InChI is InChI=1S/C13H22N4O/c1-4-11-10(9-17(3)16-11)8-14-12(18)13(2)6-5-7-15-13/h9,15H,4-8H2,1-3H3,(H,14,18). The van der Waals surface area contributed by atoms with Gasteiger partial charge in [0.05, 0.1) is 11.2 Å². The van der Waals surface area contributed by atoms with Gasteiger partial charge in [0.2, 0.25) is 5.91 Å². The molecule has 1 atom stereocenters. The van der Waals surface area contributed by atoms with Crippen molar-refractivity contribution in [1.82, 2.24) is 20.4 Å². The maximum absolute atomic E-state index is 12.1. The molecule has 2 rings (SSSR count). The molecule has 5 heteroatoms. The van der Waals surface area contributed by atoms with Crippen molar-refractivity contribution in [3.8, 4) is 0 Å². The predicted octanol–water partition coefficient (Wildman–Crippen LogP) is 0.741. The molecule has 5 nitrogen and oxygen atoms in total. The lowest BCUT2D eigenvalue weighted by Crippen LogP contribution is -2.50. The minimum absolute atomic E-state index is 0.0888. The van der Waals surface area contributed by atoms with Crippen molar-refractivity contribution in [2.24, 2.45) is 7.05 Å². The van der Waals surface area contributed by atoms with Crippen LogP contribution in [0.15, 0.2) is 6.20 Å². The molecule has 0 aliphatic carbocycles. The van der Waals surface area contributed by atoms with E-state index in [1.54, 1.807) is 4.68 Å². The van der Waals surface area contributed by atoms with Crippen LogP contribution in [-0.4, -0.2) is 27.8 Å². The van der Waals surface area contributed by atoms with Gasteiger partial charge in [-0.15, -0.1) is 0 Å². The van der Waals surface area contributed by atoms with E-state index in [9.17, 15) is 4.79 Å². The van der Waals surface area contributed by atoms with Crippen LogP contribution < -0.4 is 10.6 Å². The molecule has 2 N–H and O–H groups in total. The summed E-state index contributed by atoms with van der Waals surface area (Å²) in [4.78, 5) is 12.1. The van der Waals surface area contributed by atoms with Gasteiger partial charge in [-0.2, -0.15) is 5.10 Å². The van der Waals surface area contributed by atoms with Gasteiger partial charge in [-0.3, -0.25) is 9.48 Å². The Balaban J connectivity index is 1.96. The number of hydrogen-bond acceptors (Lipinski definition) is 3. The molecule has 1 saturated heterocycles. The first-order chi connectivity index (χ1) is 8.55. The molecule has 1 aromatic rings. The summed E-state index contributed by atoms with van der Waals surface area (Å²) >= 11 is 0. The molecule has 1 aliphatic heterocycles. The van der Waals surface area contributed by atoms with E-state index in [1.807, 2.05) is 20.2 Å². The van der Waals surface area contributed by atoms with Crippen LogP contribution in [0, 0.1) is 0 Å². The van der Waals surface area contributed by atoms with Crippen LogP contribution in [-0.2, 0) is 24.8 Å². The van der Waals surface area contributed by atoms with Crippen molar-refractivity contribution < 1.29 is 4.79 Å². The van der Waals surface area contributed by atoms with Gasteiger partial charge >= 0.3 is 0 Å². The Morgan fingerprint density at radius 1 is 1.67 bits per heavy atom. The highest BCUT2D eigenvalue weighted by atomic mass is 16.2. The Kier molecular flexibility index (Phi) is 3.71. The minimum Gasteiger partial charge on any atom is -0.350 e. The second kappa shape index (κ2) is 5.10. The minimum atomic E-state index is -0.394. The highest BCUT2D eigenvalue weighted by Gasteiger charge is 2.35. The Bertz CT molecular complexity index is 432. The molecule has 0 bridgehead atoms. The second-order valence-corrected chi connectivity index (χ2v) is 5.17. The normalized spacial score (nSPS) is 23.3. The number of nitrogens with zero attached hydrogens (tertiary/aromatic N) is 2. The first-order valence-electron chi connectivity index (χ1n) is 6.60. The lowest BCUT2D eigenvalue weighted by atomic mass is 9.99. The Hall–Kier alpha value is -1.36. The average molecular weight is 250 g/mol. The van der Waals surface area contributed by atoms with Gasteiger partial charge in [-0.25, -0.2) is 0 Å². The molecule has 100 valence electrons. The van der Waals surface area contributed by atoms with E-state index < -0.39 is 5.54 Å². The number of carbonyl (C=O) groups is 1. The molecular formula is C13H22N4O. The van der Waals surface area contributed by atoms with Crippen LogP contribution in [0.3, 0.4) is 0 Å². The first-order valence-corrected chi connectivity index (χ1v) is 6.60. The molecule has 1 fully saturated rings. The van der Waals surface area contributed by atoms with Crippen LogP contribution in [0.2, 0.25) is 0 Å². The number of aryl methyl sites for hydroxylation is 2. The zero-order valence-electron chi connectivity index (χ0n) is 11.4. The van der Waals surface area contributed by atoms with Crippen molar-refractivity contribution in [1.29, 1.82) is 0 Å². The maximum Gasteiger partial charge on any atom is 0.240 e. The van der Waals surface area contributed by atoms with Gasteiger partial charge in [0, 0.05) is 25.4 Å². The Morgan fingerprint density at radius 2 is 2.44 bits per heavy atom. The van der Waals surface area contributed by atoms with E-state index in [4.69, 9.17) is 0 Å². The number of amides is 1. The molecular weight excluding hydrogens is 228 g/mol.